The summed E-state index contributed by atoms with van der Waals surface area (Å²) in [6.45, 7) is 2.18. The molecule has 1 aliphatic heterocycles. The van der Waals surface area contributed by atoms with E-state index < -0.39 is 11.9 Å². The Morgan fingerprint density at radius 1 is 1.23 bits per heavy atom. The highest BCUT2D eigenvalue weighted by Gasteiger charge is 2.32. The third-order valence-corrected chi connectivity index (χ3v) is 3.99. The minimum atomic E-state index is -0.711. The van der Waals surface area contributed by atoms with Crippen molar-refractivity contribution in [3.63, 3.8) is 0 Å². The maximum atomic E-state index is 12.2. The van der Waals surface area contributed by atoms with Crippen molar-refractivity contribution in [2.45, 2.75) is 6.92 Å². The zero-order valence-corrected chi connectivity index (χ0v) is 15.4. The van der Waals surface area contributed by atoms with Crippen LogP contribution in [0.2, 0.25) is 5.02 Å². The van der Waals surface area contributed by atoms with E-state index in [9.17, 15) is 14.4 Å². The summed E-state index contributed by atoms with van der Waals surface area (Å²) in [5.41, 5.74) is 0.804. The van der Waals surface area contributed by atoms with Crippen LogP contribution < -0.4 is 10.2 Å². The van der Waals surface area contributed by atoms with Gasteiger partial charge in [-0.3, -0.25) is 4.79 Å². The van der Waals surface area contributed by atoms with Crippen molar-refractivity contribution in [3.05, 3.63) is 40.1 Å². The smallest absolute Gasteiger partial charge is 0.355 e. The summed E-state index contributed by atoms with van der Waals surface area (Å²) in [6, 6.07) is 4.64. The Hall–Kier alpha value is -2.58. The number of benzene rings is 1. The number of amides is 1. The quantitative estimate of drug-likeness (QED) is 0.771. The molecule has 1 aliphatic rings. The van der Waals surface area contributed by atoms with Crippen molar-refractivity contribution in [3.8, 4) is 0 Å². The van der Waals surface area contributed by atoms with Crippen molar-refractivity contribution in [2.75, 3.05) is 39.0 Å². The molecule has 1 heterocycles. The Balaban J connectivity index is 2.48. The molecule has 26 heavy (non-hydrogen) atoms. The highest BCUT2D eigenvalue weighted by molar-refractivity contribution is 6.34. The molecule has 0 aromatic heterocycles. The molecule has 9 heteroatoms. The van der Waals surface area contributed by atoms with Gasteiger partial charge in [-0.2, -0.15) is 0 Å². The predicted octanol–water partition coefficient (Wildman–Crippen LogP) is 1.48. The van der Waals surface area contributed by atoms with Gasteiger partial charge in [0.15, 0.2) is 0 Å². The summed E-state index contributed by atoms with van der Waals surface area (Å²) in [4.78, 5) is 37.6. The van der Waals surface area contributed by atoms with E-state index in [0.717, 1.165) is 0 Å². The number of nitrogens with zero attached hydrogens (tertiary/aromatic N) is 1. The number of hydrogen-bond acceptors (Lipinski definition) is 7. The fourth-order valence-electron chi connectivity index (χ4n) is 2.46. The van der Waals surface area contributed by atoms with Gasteiger partial charge in [-0.05, 0) is 25.1 Å². The van der Waals surface area contributed by atoms with Gasteiger partial charge in [0, 0.05) is 12.2 Å². The van der Waals surface area contributed by atoms with Gasteiger partial charge in [0.1, 0.15) is 12.4 Å². The molecule has 1 aromatic rings. The van der Waals surface area contributed by atoms with Crippen LogP contribution >= 0.6 is 11.6 Å². The van der Waals surface area contributed by atoms with Gasteiger partial charge in [-0.1, -0.05) is 11.6 Å². The summed E-state index contributed by atoms with van der Waals surface area (Å²) < 4.78 is 14.9. The molecule has 0 atom stereocenters. The lowest BCUT2D eigenvalue weighted by atomic mass is 10.1. The van der Waals surface area contributed by atoms with Crippen LogP contribution in [0, 0.1) is 0 Å². The predicted molar refractivity (Wildman–Crippen MR) is 93.8 cm³/mol. The number of nitrogens with one attached hydrogen (secondary N) is 1. The molecular formula is C17H19ClN2O6. The van der Waals surface area contributed by atoms with E-state index >= 15 is 0 Å². The average Bonchev–Trinajstić information content (AvgIpc) is 2.66. The zero-order valence-electron chi connectivity index (χ0n) is 14.6. The van der Waals surface area contributed by atoms with E-state index in [1.165, 1.54) is 31.3 Å². The largest absolute Gasteiger partial charge is 0.466 e. The molecule has 140 valence electrons. The number of rotatable bonds is 5. The van der Waals surface area contributed by atoms with Crippen LogP contribution in [-0.2, 0) is 23.8 Å². The fourth-order valence-corrected chi connectivity index (χ4v) is 2.72. The molecule has 1 aromatic carbocycles. The molecule has 0 radical (unpaired) electrons. The number of carbonyl (C=O) groups is 3. The maximum Gasteiger partial charge on any atom is 0.355 e. The Morgan fingerprint density at radius 3 is 2.50 bits per heavy atom. The average molecular weight is 383 g/mol. The van der Waals surface area contributed by atoms with Crippen molar-refractivity contribution in [2.24, 2.45) is 0 Å². The molecule has 0 spiro atoms. The molecule has 0 unspecified atom stereocenters. The number of esters is 2. The number of ether oxygens (including phenoxy) is 3. The van der Waals surface area contributed by atoms with E-state index in [-0.39, 0.29) is 35.5 Å². The summed E-state index contributed by atoms with van der Waals surface area (Å²) in [5, 5.41) is 2.86. The molecule has 0 saturated carbocycles. The van der Waals surface area contributed by atoms with Crippen LogP contribution in [0.15, 0.2) is 29.5 Å². The van der Waals surface area contributed by atoms with Crippen LogP contribution in [0.1, 0.15) is 17.3 Å². The summed E-state index contributed by atoms with van der Waals surface area (Å²) in [5.74, 6) is -1.71. The van der Waals surface area contributed by atoms with Crippen LogP contribution in [-0.4, -0.2) is 51.9 Å². The molecule has 8 nitrogen and oxygen atoms in total. The van der Waals surface area contributed by atoms with E-state index in [4.69, 9.17) is 25.8 Å². The van der Waals surface area contributed by atoms with E-state index in [2.05, 4.69) is 5.32 Å². The number of carbonyl (C=O) groups excluding carboxylic acids is 3. The fraction of sp³-hybridized carbons (Fsp3) is 0.353. The Kier molecular flexibility index (Phi) is 6.59. The first-order valence-corrected chi connectivity index (χ1v) is 8.15. The van der Waals surface area contributed by atoms with Gasteiger partial charge >= 0.3 is 11.9 Å². The van der Waals surface area contributed by atoms with Gasteiger partial charge in [0.05, 0.1) is 37.0 Å². The van der Waals surface area contributed by atoms with Crippen LogP contribution in [0.4, 0.5) is 5.69 Å². The summed E-state index contributed by atoms with van der Waals surface area (Å²) in [6.07, 6.45) is 0. The lowest BCUT2D eigenvalue weighted by Crippen LogP contribution is -2.38. The normalized spacial score (nSPS) is 14.1. The highest BCUT2D eigenvalue weighted by atomic mass is 35.5. The van der Waals surface area contributed by atoms with Crippen molar-refractivity contribution in [1.82, 2.24) is 5.32 Å². The van der Waals surface area contributed by atoms with Crippen LogP contribution in [0.25, 0.3) is 0 Å². The molecular weight excluding hydrogens is 364 g/mol. The van der Waals surface area contributed by atoms with E-state index in [1.54, 1.807) is 13.0 Å². The SMILES string of the molecule is CCNC(=O)c1ccc(N2COCC(C(=O)OC)=C2C(=O)OC)cc1Cl. The van der Waals surface area contributed by atoms with Gasteiger partial charge in [-0.15, -0.1) is 0 Å². The molecule has 2 rings (SSSR count). The second kappa shape index (κ2) is 8.68. The zero-order chi connectivity index (χ0) is 19.3. The first kappa shape index (κ1) is 19.7. The molecule has 1 N–H and O–H groups in total. The molecule has 0 fully saturated rings. The number of anilines is 1. The molecule has 0 bridgehead atoms. The van der Waals surface area contributed by atoms with Gasteiger partial charge in [-0.25, -0.2) is 9.59 Å². The van der Waals surface area contributed by atoms with Crippen LogP contribution in [0.5, 0.6) is 0 Å². The maximum absolute atomic E-state index is 12.2. The van der Waals surface area contributed by atoms with Crippen molar-refractivity contribution >= 4 is 35.1 Å². The molecule has 0 aliphatic carbocycles. The van der Waals surface area contributed by atoms with Crippen molar-refractivity contribution < 1.29 is 28.6 Å². The summed E-state index contributed by atoms with van der Waals surface area (Å²) in [7, 11) is 2.42. The molecule has 1 amide bonds. The first-order chi connectivity index (χ1) is 12.4. The van der Waals surface area contributed by atoms with E-state index in [1.807, 2.05) is 0 Å². The number of methoxy groups -OCH3 is 2. The number of hydrogen-bond donors (Lipinski definition) is 1. The molecule has 0 saturated heterocycles. The van der Waals surface area contributed by atoms with Crippen LogP contribution in [0.3, 0.4) is 0 Å². The Labute approximate surface area is 155 Å². The second-order valence-electron chi connectivity index (χ2n) is 5.24. The lowest BCUT2D eigenvalue weighted by molar-refractivity contribution is -0.140. The monoisotopic (exact) mass is 382 g/mol. The highest BCUT2D eigenvalue weighted by Crippen LogP contribution is 2.30. The Bertz CT molecular complexity index is 762. The third kappa shape index (κ3) is 3.97. The topological polar surface area (TPSA) is 94.2 Å². The third-order valence-electron chi connectivity index (χ3n) is 3.68. The summed E-state index contributed by atoms with van der Waals surface area (Å²) >= 11 is 6.21. The minimum Gasteiger partial charge on any atom is -0.466 e. The van der Waals surface area contributed by atoms with Gasteiger partial charge < -0.3 is 24.4 Å². The Morgan fingerprint density at radius 2 is 1.92 bits per heavy atom. The minimum absolute atomic E-state index is 0.00175. The van der Waals surface area contributed by atoms with Gasteiger partial charge in [0.2, 0.25) is 0 Å². The second-order valence-corrected chi connectivity index (χ2v) is 5.65. The van der Waals surface area contributed by atoms with Crippen molar-refractivity contribution in [1.29, 1.82) is 0 Å². The standard InChI is InChI=1S/C17H19ClN2O6/c1-4-19-15(21)11-6-5-10(7-13(11)18)20-9-26-8-12(16(22)24-2)14(20)17(23)25-3/h5-7H,4,8-9H2,1-3H3,(H,19,21). The van der Waals surface area contributed by atoms with E-state index in [0.29, 0.717) is 17.8 Å². The lowest BCUT2D eigenvalue weighted by Gasteiger charge is -2.31. The number of halogens is 1. The van der Waals surface area contributed by atoms with Gasteiger partial charge in [0.25, 0.3) is 5.91 Å². The first-order valence-electron chi connectivity index (χ1n) is 7.77.